The Bertz CT molecular complexity index is 1220. The first-order valence-electron chi connectivity index (χ1n) is 10.9. The highest BCUT2D eigenvalue weighted by Gasteiger charge is 2.33. The van der Waals surface area contributed by atoms with Gasteiger partial charge in [-0.15, -0.1) is 0 Å². The minimum atomic E-state index is -4.79. The fourth-order valence-corrected chi connectivity index (χ4v) is 2.71. The summed E-state index contributed by atoms with van der Waals surface area (Å²) in [7, 11) is 1.75. The molecule has 9 nitrogen and oxygen atoms in total. The summed E-state index contributed by atoms with van der Waals surface area (Å²) in [5, 5.41) is 10.8. The molecule has 36 heavy (non-hydrogen) atoms. The first-order valence-corrected chi connectivity index (χ1v) is 10.9. The van der Waals surface area contributed by atoms with E-state index in [4.69, 9.17) is 9.47 Å². The number of rotatable bonds is 9. The third-order valence-corrected chi connectivity index (χ3v) is 4.29. The van der Waals surface area contributed by atoms with Gasteiger partial charge in [0.05, 0.1) is 24.1 Å². The van der Waals surface area contributed by atoms with Crippen molar-refractivity contribution in [1.29, 1.82) is 0 Å². The van der Waals surface area contributed by atoms with Crippen LogP contribution in [0.3, 0.4) is 0 Å². The number of carbonyl (C=O) groups is 1. The van der Waals surface area contributed by atoms with Gasteiger partial charge in [0.15, 0.2) is 11.5 Å². The summed E-state index contributed by atoms with van der Waals surface area (Å²) in [6.07, 6.45) is -2.61. The lowest BCUT2D eigenvalue weighted by molar-refractivity contribution is -0.137. The molecule has 0 unspecified atom stereocenters. The van der Waals surface area contributed by atoms with Gasteiger partial charge >= 0.3 is 6.18 Å². The molecule has 0 spiro atoms. The normalized spacial score (nSPS) is 10.8. The van der Waals surface area contributed by atoms with Crippen LogP contribution in [0.15, 0.2) is 47.5 Å². The largest absolute Gasteiger partial charge is 0.490 e. The van der Waals surface area contributed by atoms with E-state index in [1.807, 2.05) is 13.8 Å². The highest BCUT2D eigenvalue weighted by atomic mass is 19.4. The summed E-state index contributed by atoms with van der Waals surface area (Å²) >= 11 is 0. The number of aromatic nitrogens is 3. The predicted molar refractivity (Wildman–Crippen MR) is 124 cm³/mol. The van der Waals surface area contributed by atoms with Crippen molar-refractivity contribution < 1.29 is 31.8 Å². The SMILES string of the molecule is CC.CNCCCOc1cc(F)ccc1Oc1ncc(C(F)(F)F)cc1C(=O)Nc1cn[nH]c(=O)c1. The Labute approximate surface area is 203 Å². The minimum absolute atomic E-state index is 0.0250. The number of nitrogens with zero attached hydrogens (tertiary/aromatic N) is 2. The fraction of sp³-hybridized carbons (Fsp3) is 0.304. The Hall–Kier alpha value is -4.00. The molecule has 3 N–H and O–H groups in total. The van der Waals surface area contributed by atoms with Crippen LogP contribution in [0.5, 0.6) is 17.4 Å². The highest BCUT2D eigenvalue weighted by Crippen LogP contribution is 2.36. The first-order chi connectivity index (χ1) is 17.2. The molecule has 0 aliphatic carbocycles. The van der Waals surface area contributed by atoms with E-state index in [1.54, 1.807) is 7.05 Å². The Balaban J connectivity index is 0.00000222. The van der Waals surface area contributed by atoms with E-state index < -0.39 is 40.5 Å². The number of hydrogen-bond acceptors (Lipinski definition) is 7. The van der Waals surface area contributed by atoms with Gasteiger partial charge < -0.3 is 20.1 Å². The average molecular weight is 511 g/mol. The summed E-state index contributed by atoms with van der Waals surface area (Å²) in [5.74, 6) is -2.25. The van der Waals surface area contributed by atoms with Gasteiger partial charge in [-0.3, -0.25) is 9.59 Å². The second kappa shape index (κ2) is 13.2. The van der Waals surface area contributed by atoms with Gasteiger partial charge in [0.25, 0.3) is 11.5 Å². The molecule has 0 saturated heterocycles. The first kappa shape index (κ1) is 28.2. The van der Waals surface area contributed by atoms with Crippen LogP contribution in [0.1, 0.15) is 36.2 Å². The van der Waals surface area contributed by atoms with Crippen LogP contribution in [0.2, 0.25) is 0 Å². The van der Waals surface area contributed by atoms with Crippen LogP contribution < -0.4 is 25.7 Å². The quantitative estimate of drug-likeness (QED) is 0.288. The molecule has 3 rings (SSSR count). The van der Waals surface area contributed by atoms with Gasteiger partial charge in [0, 0.05) is 18.3 Å². The minimum Gasteiger partial charge on any atom is -0.490 e. The number of H-pyrrole nitrogens is 1. The van der Waals surface area contributed by atoms with E-state index in [1.165, 1.54) is 6.07 Å². The zero-order chi connectivity index (χ0) is 26.7. The van der Waals surface area contributed by atoms with Crippen molar-refractivity contribution in [2.24, 2.45) is 0 Å². The van der Waals surface area contributed by atoms with Gasteiger partial charge in [-0.05, 0) is 38.2 Å². The average Bonchev–Trinajstić information content (AvgIpc) is 2.84. The van der Waals surface area contributed by atoms with Gasteiger partial charge in [0.1, 0.15) is 11.4 Å². The molecule has 3 aromatic rings. The standard InChI is InChI=1S/C21H19F4N5O4.C2H6/c1-26-5-2-6-33-17-8-13(22)3-4-16(17)34-20-15(7-12(10-27-20)21(23,24)25)19(32)29-14-9-18(31)30-28-11-14;1-2/h3-4,7-11,26H,2,5-6H2,1H3,(H2,29,30,31,32);1-2H3. The lowest BCUT2D eigenvalue weighted by atomic mass is 10.1. The molecule has 0 radical (unpaired) electrons. The maximum absolute atomic E-state index is 13.7. The van der Waals surface area contributed by atoms with Crippen LogP contribution in [0.4, 0.5) is 23.2 Å². The van der Waals surface area contributed by atoms with Crippen LogP contribution >= 0.6 is 0 Å². The molecule has 0 bridgehead atoms. The molecule has 0 fully saturated rings. The molecular formula is C23H25F4N5O4. The van der Waals surface area contributed by atoms with E-state index in [2.05, 4.69) is 25.8 Å². The summed E-state index contributed by atoms with van der Waals surface area (Å²) < 4.78 is 64.6. The van der Waals surface area contributed by atoms with Crippen molar-refractivity contribution in [3.63, 3.8) is 0 Å². The number of nitrogens with one attached hydrogen (secondary N) is 3. The zero-order valence-electron chi connectivity index (χ0n) is 19.7. The third-order valence-electron chi connectivity index (χ3n) is 4.29. The Morgan fingerprint density at radius 1 is 1.11 bits per heavy atom. The summed E-state index contributed by atoms with van der Waals surface area (Å²) in [6, 6.07) is 4.84. The van der Waals surface area contributed by atoms with Crippen LogP contribution in [0, 0.1) is 5.82 Å². The molecule has 0 aliphatic rings. The number of carbonyl (C=O) groups excluding carboxylic acids is 1. The van der Waals surface area contributed by atoms with Gasteiger partial charge in [-0.25, -0.2) is 14.5 Å². The van der Waals surface area contributed by atoms with Gasteiger partial charge in [0.2, 0.25) is 5.88 Å². The van der Waals surface area contributed by atoms with Crippen molar-refractivity contribution in [2.75, 3.05) is 25.5 Å². The third kappa shape index (κ3) is 8.05. The lowest BCUT2D eigenvalue weighted by Gasteiger charge is -2.15. The lowest BCUT2D eigenvalue weighted by Crippen LogP contribution is -2.18. The van der Waals surface area contributed by atoms with Crippen LogP contribution in [0.25, 0.3) is 0 Å². The van der Waals surface area contributed by atoms with Crippen LogP contribution in [-0.4, -0.2) is 41.3 Å². The maximum atomic E-state index is 13.7. The molecule has 0 aliphatic heterocycles. The molecule has 0 saturated carbocycles. The van der Waals surface area contributed by atoms with E-state index in [0.29, 0.717) is 25.2 Å². The number of amides is 1. The summed E-state index contributed by atoms with van der Waals surface area (Å²) in [5.41, 5.74) is -2.48. The van der Waals surface area contributed by atoms with Gasteiger partial charge in [-0.1, -0.05) is 13.8 Å². The highest BCUT2D eigenvalue weighted by molar-refractivity contribution is 6.05. The fourth-order valence-electron chi connectivity index (χ4n) is 2.71. The summed E-state index contributed by atoms with van der Waals surface area (Å²) in [4.78, 5) is 27.8. The topological polar surface area (TPSA) is 118 Å². The molecule has 13 heteroatoms. The second-order valence-electron chi connectivity index (χ2n) is 6.86. The van der Waals surface area contributed by atoms with Crippen molar-refractivity contribution >= 4 is 11.6 Å². The van der Waals surface area contributed by atoms with E-state index in [-0.39, 0.29) is 23.8 Å². The molecule has 194 valence electrons. The number of pyridine rings is 1. The second-order valence-corrected chi connectivity index (χ2v) is 6.86. The maximum Gasteiger partial charge on any atom is 0.417 e. The van der Waals surface area contributed by atoms with Gasteiger partial charge in [-0.2, -0.15) is 18.3 Å². The summed E-state index contributed by atoms with van der Waals surface area (Å²) in [6.45, 7) is 4.83. The Morgan fingerprint density at radius 3 is 2.53 bits per heavy atom. The van der Waals surface area contributed by atoms with E-state index in [0.717, 1.165) is 24.4 Å². The van der Waals surface area contributed by atoms with Crippen LogP contribution in [-0.2, 0) is 6.18 Å². The molecular weight excluding hydrogens is 486 g/mol. The number of anilines is 1. The smallest absolute Gasteiger partial charge is 0.417 e. The number of aromatic amines is 1. The van der Waals surface area contributed by atoms with Crippen molar-refractivity contribution in [3.05, 3.63) is 70.0 Å². The van der Waals surface area contributed by atoms with Crippen molar-refractivity contribution in [3.8, 4) is 17.4 Å². The Morgan fingerprint density at radius 2 is 1.86 bits per heavy atom. The molecule has 2 aromatic heterocycles. The number of alkyl halides is 3. The Kier molecular flexibility index (Phi) is 10.3. The molecule has 0 atom stereocenters. The number of ether oxygens (including phenoxy) is 2. The molecule has 1 aromatic carbocycles. The van der Waals surface area contributed by atoms with Crippen molar-refractivity contribution in [1.82, 2.24) is 20.5 Å². The number of halogens is 4. The zero-order valence-corrected chi connectivity index (χ0v) is 19.7. The number of hydrogen-bond donors (Lipinski definition) is 3. The molecule has 2 heterocycles. The molecule has 1 amide bonds. The monoisotopic (exact) mass is 511 g/mol. The van der Waals surface area contributed by atoms with E-state index >= 15 is 0 Å². The predicted octanol–water partition coefficient (Wildman–Crippen LogP) is 4.38. The van der Waals surface area contributed by atoms with Crippen molar-refractivity contribution in [2.45, 2.75) is 26.4 Å². The van der Waals surface area contributed by atoms with E-state index in [9.17, 15) is 27.2 Å². The number of benzene rings is 1.